The highest BCUT2D eigenvalue weighted by Gasteiger charge is 2.02. The molecule has 0 saturated heterocycles. The third-order valence-corrected chi connectivity index (χ3v) is 4.35. The average molecular weight is 501 g/mol. The number of nitrogens with zero attached hydrogens (tertiary/aromatic N) is 2. The average Bonchev–Trinajstić information content (AvgIpc) is 2.50. The second-order valence-corrected chi connectivity index (χ2v) is 6.89. The van der Waals surface area contributed by atoms with Gasteiger partial charge in [0, 0.05) is 21.3 Å². The number of hydrogen-bond acceptors (Lipinski definition) is 5. The van der Waals surface area contributed by atoms with Gasteiger partial charge in [-0.05, 0) is 66.2 Å². The van der Waals surface area contributed by atoms with Crippen LogP contribution in [0.5, 0.6) is 11.5 Å². The number of pyridine rings is 2. The van der Waals surface area contributed by atoms with Crippen molar-refractivity contribution in [2.45, 2.75) is 5.03 Å². The first-order chi connectivity index (χ1) is 10.0. The standard InChI is InChI=1S/C7H8BrNOS.C6H5Br2NO/c1-10-6-3-5(8)4-9-7(6)11-2;1-10-5-2-4(7)3-9-6(5)8/h3-4H,1-2H3;2-3H,1H3. The molecule has 0 aliphatic heterocycles. The van der Waals surface area contributed by atoms with E-state index in [2.05, 4.69) is 57.8 Å². The molecule has 0 spiro atoms. The molecule has 8 heteroatoms. The number of hydrogen-bond donors (Lipinski definition) is 0. The minimum absolute atomic E-state index is 0.721. The fraction of sp³-hybridized carbons (Fsp3) is 0.231. The third-order valence-electron chi connectivity index (χ3n) is 2.19. The van der Waals surface area contributed by atoms with E-state index in [0.29, 0.717) is 0 Å². The van der Waals surface area contributed by atoms with E-state index in [1.54, 1.807) is 38.4 Å². The highest BCUT2D eigenvalue weighted by molar-refractivity contribution is 9.11. The molecular weight excluding hydrogens is 488 g/mol. The Balaban J connectivity index is 0.000000211. The summed E-state index contributed by atoms with van der Waals surface area (Å²) >= 11 is 11.4. The Kier molecular flexibility index (Phi) is 8.62. The second-order valence-electron chi connectivity index (χ2n) is 3.51. The molecule has 4 nitrogen and oxygen atoms in total. The summed E-state index contributed by atoms with van der Waals surface area (Å²) in [5.74, 6) is 1.54. The normalized spacial score (nSPS) is 9.62. The van der Waals surface area contributed by atoms with E-state index in [1.165, 1.54) is 0 Å². The minimum Gasteiger partial charge on any atom is -0.494 e. The Morgan fingerprint density at radius 3 is 1.90 bits per heavy atom. The van der Waals surface area contributed by atoms with Crippen LogP contribution in [-0.2, 0) is 0 Å². The van der Waals surface area contributed by atoms with E-state index in [-0.39, 0.29) is 0 Å². The van der Waals surface area contributed by atoms with Gasteiger partial charge in [0.15, 0.2) is 11.5 Å². The van der Waals surface area contributed by atoms with Gasteiger partial charge in [0.2, 0.25) is 0 Å². The van der Waals surface area contributed by atoms with Crippen LogP contribution in [0.25, 0.3) is 0 Å². The lowest BCUT2D eigenvalue weighted by Gasteiger charge is -2.03. The van der Waals surface area contributed by atoms with Gasteiger partial charge in [-0.2, -0.15) is 0 Å². The Hall–Kier alpha value is -0.310. The summed E-state index contributed by atoms with van der Waals surface area (Å²) in [5, 5.41) is 0.913. The molecule has 0 fully saturated rings. The van der Waals surface area contributed by atoms with Gasteiger partial charge in [-0.25, -0.2) is 9.97 Å². The molecule has 2 aromatic heterocycles. The maximum atomic E-state index is 5.10. The fourth-order valence-corrected chi connectivity index (χ4v) is 2.76. The SMILES string of the molecule is COc1cc(Br)cnc1Br.COc1cc(Br)cnc1SC. The van der Waals surface area contributed by atoms with E-state index in [0.717, 1.165) is 30.1 Å². The maximum absolute atomic E-state index is 5.10. The zero-order valence-electron chi connectivity index (χ0n) is 11.6. The maximum Gasteiger partial charge on any atom is 0.152 e. The fourth-order valence-electron chi connectivity index (χ4n) is 1.25. The van der Waals surface area contributed by atoms with Crippen molar-refractivity contribution in [3.8, 4) is 11.5 Å². The summed E-state index contributed by atoms with van der Waals surface area (Å²) in [4.78, 5) is 8.15. The van der Waals surface area contributed by atoms with Crippen LogP contribution in [0.15, 0.2) is 43.1 Å². The zero-order chi connectivity index (χ0) is 15.8. The van der Waals surface area contributed by atoms with Crippen molar-refractivity contribution in [1.82, 2.24) is 9.97 Å². The molecule has 0 N–H and O–H groups in total. The summed E-state index contributed by atoms with van der Waals surface area (Å²) < 4.78 is 12.7. The topological polar surface area (TPSA) is 44.2 Å². The van der Waals surface area contributed by atoms with E-state index >= 15 is 0 Å². The molecular formula is C13H13Br3N2O2S. The first-order valence-corrected chi connectivity index (χ1v) is 9.20. The van der Waals surface area contributed by atoms with Gasteiger partial charge in [0.25, 0.3) is 0 Å². The van der Waals surface area contributed by atoms with Crippen molar-refractivity contribution in [3.05, 3.63) is 38.1 Å². The van der Waals surface area contributed by atoms with Gasteiger partial charge in [0.05, 0.1) is 14.2 Å². The Morgan fingerprint density at radius 2 is 1.43 bits per heavy atom. The van der Waals surface area contributed by atoms with Gasteiger partial charge >= 0.3 is 0 Å². The molecule has 0 aliphatic carbocycles. The molecule has 21 heavy (non-hydrogen) atoms. The summed E-state index contributed by atoms with van der Waals surface area (Å²) in [5.41, 5.74) is 0. The highest BCUT2D eigenvalue weighted by atomic mass is 79.9. The van der Waals surface area contributed by atoms with Gasteiger partial charge in [-0.3, -0.25) is 0 Å². The van der Waals surface area contributed by atoms with E-state index < -0.39 is 0 Å². The molecule has 0 amide bonds. The van der Waals surface area contributed by atoms with Crippen LogP contribution in [0, 0.1) is 0 Å². The number of methoxy groups -OCH3 is 2. The van der Waals surface area contributed by atoms with Gasteiger partial charge in [0.1, 0.15) is 9.63 Å². The molecule has 0 unspecified atom stereocenters. The van der Waals surface area contributed by atoms with Gasteiger partial charge < -0.3 is 9.47 Å². The van der Waals surface area contributed by atoms with Crippen molar-refractivity contribution >= 4 is 59.6 Å². The summed E-state index contributed by atoms with van der Waals surface area (Å²) in [7, 11) is 3.25. The number of rotatable bonds is 3. The number of ether oxygens (including phenoxy) is 2. The highest BCUT2D eigenvalue weighted by Crippen LogP contribution is 2.27. The van der Waals surface area contributed by atoms with Crippen LogP contribution >= 0.6 is 59.6 Å². The molecule has 0 aliphatic rings. The van der Waals surface area contributed by atoms with Crippen LogP contribution in [0.2, 0.25) is 0 Å². The Bertz CT molecular complexity index is 600. The van der Waals surface area contributed by atoms with Crippen LogP contribution in [0.4, 0.5) is 0 Å². The predicted molar refractivity (Wildman–Crippen MR) is 96.5 cm³/mol. The van der Waals surface area contributed by atoms with Crippen LogP contribution in [0.1, 0.15) is 0 Å². The second kappa shape index (κ2) is 9.66. The quantitative estimate of drug-likeness (QED) is 0.428. The van der Waals surface area contributed by atoms with Gasteiger partial charge in [-0.1, -0.05) is 0 Å². The molecule has 2 rings (SSSR count). The lowest BCUT2D eigenvalue weighted by molar-refractivity contribution is 0.400. The number of halogens is 3. The van der Waals surface area contributed by atoms with Crippen molar-refractivity contribution < 1.29 is 9.47 Å². The summed E-state index contributed by atoms with van der Waals surface area (Å²) in [6.07, 6.45) is 5.43. The van der Waals surface area contributed by atoms with Crippen molar-refractivity contribution in [1.29, 1.82) is 0 Å². The smallest absolute Gasteiger partial charge is 0.152 e. The molecule has 0 bridgehead atoms. The lowest BCUT2D eigenvalue weighted by atomic mass is 10.5. The summed E-state index contributed by atoms with van der Waals surface area (Å²) in [6.45, 7) is 0. The Labute approximate surface area is 153 Å². The Morgan fingerprint density at radius 1 is 0.905 bits per heavy atom. The molecule has 0 aromatic carbocycles. The predicted octanol–water partition coefficient (Wildman–Crippen LogP) is 5.19. The summed E-state index contributed by atoms with van der Waals surface area (Å²) in [6, 6.07) is 3.75. The molecule has 0 atom stereocenters. The third kappa shape index (κ3) is 6.14. The monoisotopic (exact) mass is 498 g/mol. The lowest BCUT2D eigenvalue weighted by Crippen LogP contribution is -1.88. The van der Waals surface area contributed by atoms with Crippen molar-refractivity contribution in [3.63, 3.8) is 0 Å². The van der Waals surface area contributed by atoms with E-state index in [1.807, 2.05) is 18.4 Å². The molecule has 114 valence electrons. The first kappa shape index (κ1) is 18.7. The minimum atomic E-state index is 0.721. The molecule has 2 heterocycles. The number of aromatic nitrogens is 2. The molecule has 0 radical (unpaired) electrons. The molecule has 2 aromatic rings. The van der Waals surface area contributed by atoms with Crippen LogP contribution < -0.4 is 9.47 Å². The zero-order valence-corrected chi connectivity index (χ0v) is 17.1. The van der Waals surface area contributed by atoms with E-state index in [9.17, 15) is 0 Å². The first-order valence-electron chi connectivity index (χ1n) is 5.60. The van der Waals surface area contributed by atoms with Crippen molar-refractivity contribution in [2.75, 3.05) is 20.5 Å². The molecule has 0 saturated carbocycles. The van der Waals surface area contributed by atoms with Crippen LogP contribution in [-0.4, -0.2) is 30.4 Å². The largest absolute Gasteiger partial charge is 0.494 e. The van der Waals surface area contributed by atoms with Crippen molar-refractivity contribution in [2.24, 2.45) is 0 Å². The van der Waals surface area contributed by atoms with Gasteiger partial charge in [-0.15, -0.1) is 11.8 Å². The number of thioether (sulfide) groups is 1. The van der Waals surface area contributed by atoms with Crippen LogP contribution in [0.3, 0.4) is 0 Å². The van der Waals surface area contributed by atoms with E-state index in [4.69, 9.17) is 9.47 Å².